The number of carbonyl (C=O) groups excluding carboxylic acids is 2. The first kappa shape index (κ1) is 33.5. The number of pyridine rings is 1. The molecule has 0 spiro atoms. The molecular formula is C37H44N4O4. The zero-order valence-corrected chi connectivity index (χ0v) is 26.3. The minimum atomic E-state index is -0.928. The molecule has 0 saturated carbocycles. The van der Waals surface area contributed by atoms with Crippen molar-refractivity contribution >= 4 is 11.9 Å². The van der Waals surface area contributed by atoms with Gasteiger partial charge in [0.05, 0.1) is 24.1 Å². The minimum absolute atomic E-state index is 0.0785. The maximum Gasteiger partial charge on any atom is 0.306 e. The van der Waals surface area contributed by atoms with Crippen LogP contribution in [-0.2, 0) is 33.9 Å². The number of aromatic nitrogens is 1. The number of nitrogens with two attached hydrogens (primary N) is 1. The van der Waals surface area contributed by atoms with Crippen LogP contribution in [0.2, 0.25) is 0 Å². The van der Waals surface area contributed by atoms with Crippen molar-refractivity contribution in [3.05, 3.63) is 126 Å². The third-order valence-corrected chi connectivity index (χ3v) is 7.75. The molecule has 1 heterocycles. The van der Waals surface area contributed by atoms with E-state index in [4.69, 9.17) is 10.5 Å². The number of benzene rings is 3. The largest absolute Gasteiger partial charge is 0.461 e. The molecule has 1 aromatic heterocycles. The zero-order valence-electron chi connectivity index (χ0n) is 26.3. The fourth-order valence-corrected chi connectivity index (χ4v) is 5.06. The summed E-state index contributed by atoms with van der Waals surface area (Å²) in [7, 11) is 0. The van der Waals surface area contributed by atoms with Crippen molar-refractivity contribution in [2.75, 3.05) is 6.54 Å². The van der Waals surface area contributed by atoms with Crippen molar-refractivity contribution in [2.45, 2.75) is 58.9 Å². The van der Waals surface area contributed by atoms with Gasteiger partial charge in [-0.15, -0.1) is 0 Å². The highest BCUT2D eigenvalue weighted by molar-refractivity contribution is 5.84. The fourth-order valence-electron chi connectivity index (χ4n) is 5.06. The smallest absolute Gasteiger partial charge is 0.306 e. The van der Waals surface area contributed by atoms with E-state index in [1.807, 2.05) is 124 Å². The van der Waals surface area contributed by atoms with Crippen molar-refractivity contribution < 1.29 is 19.4 Å². The summed E-state index contributed by atoms with van der Waals surface area (Å²) in [6.45, 7) is 6.33. The minimum Gasteiger partial charge on any atom is -0.461 e. The van der Waals surface area contributed by atoms with E-state index in [1.54, 1.807) is 11.2 Å². The number of amides is 1. The Balaban J connectivity index is 1.47. The van der Waals surface area contributed by atoms with Crippen molar-refractivity contribution in [3.63, 3.8) is 0 Å². The molecule has 236 valence electrons. The van der Waals surface area contributed by atoms with Crippen molar-refractivity contribution in [2.24, 2.45) is 17.1 Å². The molecule has 3 aromatic carbocycles. The van der Waals surface area contributed by atoms with Gasteiger partial charge in [-0.25, -0.2) is 5.01 Å². The Morgan fingerprint density at radius 1 is 0.867 bits per heavy atom. The van der Waals surface area contributed by atoms with E-state index < -0.39 is 29.4 Å². The highest BCUT2D eigenvalue weighted by Crippen LogP contribution is 2.30. The van der Waals surface area contributed by atoms with E-state index in [1.165, 1.54) is 0 Å². The normalized spacial score (nSPS) is 13.6. The zero-order chi connectivity index (χ0) is 32.2. The molecule has 0 saturated heterocycles. The van der Waals surface area contributed by atoms with Gasteiger partial charge in [0, 0.05) is 30.9 Å². The van der Waals surface area contributed by atoms with E-state index in [9.17, 15) is 14.7 Å². The number of esters is 1. The van der Waals surface area contributed by atoms with Crippen LogP contribution in [0.25, 0.3) is 11.3 Å². The summed E-state index contributed by atoms with van der Waals surface area (Å²) in [6, 6.07) is 32.3. The van der Waals surface area contributed by atoms with Crippen LogP contribution in [0.4, 0.5) is 0 Å². The lowest BCUT2D eigenvalue weighted by atomic mass is 9.78. The number of nitrogens with one attached hydrogen (secondary N) is 1. The summed E-state index contributed by atoms with van der Waals surface area (Å²) in [4.78, 5) is 31.1. The van der Waals surface area contributed by atoms with Crippen LogP contribution in [-0.4, -0.2) is 45.7 Å². The molecule has 0 aliphatic carbocycles. The van der Waals surface area contributed by atoms with Gasteiger partial charge in [0.15, 0.2) is 0 Å². The van der Waals surface area contributed by atoms with Crippen LogP contribution in [0.5, 0.6) is 0 Å². The molecule has 45 heavy (non-hydrogen) atoms. The SMILES string of the molecule is CC(C)(C)[C@H](CC(=O)OCc1ccccc1)C(=O)NN(Cc1ccc(-c2ccccn2)cc1)C[C@H](O)[C@@H](N)Cc1ccccc1. The lowest BCUT2D eigenvalue weighted by Gasteiger charge is -2.33. The van der Waals surface area contributed by atoms with Crippen LogP contribution in [0.1, 0.15) is 43.9 Å². The quantitative estimate of drug-likeness (QED) is 0.131. The Hall–Kier alpha value is -4.37. The predicted octanol–water partition coefficient (Wildman–Crippen LogP) is 5.31. The molecule has 0 aliphatic heterocycles. The van der Waals surface area contributed by atoms with Gasteiger partial charge in [-0.05, 0) is 40.7 Å². The molecule has 4 N–H and O–H groups in total. The molecule has 4 rings (SSSR count). The first-order valence-electron chi connectivity index (χ1n) is 15.3. The molecular weight excluding hydrogens is 564 g/mol. The lowest BCUT2D eigenvalue weighted by molar-refractivity contribution is -0.151. The van der Waals surface area contributed by atoms with Crippen LogP contribution in [0.15, 0.2) is 109 Å². The second kappa shape index (κ2) is 16.1. The molecule has 0 bridgehead atoms. The second-order valence-electron chi connectivity index (χ2n) is 12.5. The van der Waals surface area contributed by atoms with Crippen LogP contribution in [0, 0.1) is 11.3 Å². The molecule has 8 heteroatoms. The molecule has 0 fully saturated rings. The number of hydrogen-bond donors (Lipinski definition) is 3. The maximum atomic E-state index is 13.8. The van der Waals surface area contributed by atoms with Gasteiger partial charge in [0.2, 0.25) is 5.91 Å². The van der Waals surface area contributed by atoms with Crippen LogP contribution >= 0.6 is 0 Å². The van der Waals surface area contributed by atoms with Gasteiger partial charge in [0.25, 0.3) is 0 Å². The van der Waals surface area contributed by atoms with Gasteiger partial charge in [-0.1, -0.05) is 112 Å². The molecule has 3 atom stereocenters. The predicted molar refractivity (Wildman–Crippen MR) is 176 cm³/mol. The Morgan fingerprint density at radius 3 is 2.09 bits per heavy atom. The van der Waals surface area contributed by atoms with Crippen LogP contribution < -0.4 is 11.2 Å². The number of rotatable bonds is 14. The van der Waals surface area contributed by atoms with Gasteiger partial charge >= 0.3 is 5.97 Å². The number of aliphatic hydroxyl groups is 1. The summed E-state index contributed by atoms with van der Waals surface area (Å²) >= 11 is 0. The summed E-state index contributed by atoms with van der Waals surface area (Å²) in [6.07, 6.45) is 1.23. The summed E-state index contributed by atoms with van der Waals surface area (Å²) in [5.41, 5.74) is 13.6. The number of nitrogens with zero attached hydrogens (tertiary/aromatic N) is 2. The van der Waals surface area contributed by atoms with E-state index in [0.717, 1.165) is 27.9 Å². The summed E-state index contributed by atoms with van der Waals surface area (Å²) in [5.74, 6) is -1.45. The maximum absolute atomic E-state index is 13.8. The molecule has 0 aliphatic rings. The van der Waals surface area contributed by atoms with Gasteiger partial charge < -0.3 is 15.6 Å². The van der Waals surface area contributed by atoms with E-state index in [0.29, 0.717) is 13.0 Å². The van der Waals surface area contributed by atoms with Crippen molar-refractivity contribution in [3.8, 4) is 11.3 Å². The third kappa shape index (κ3) is 10.6. The standard InChI is InChI=1S/C37H44N4O4/c1-37(2,3)31(23-35(43)45-26-29-14-8-5-9-15-29)36(44)40-41(25-34(42)32(38)22-27-12-6-4-7-13-27)24-28-17-19-30(20-18-28)33-16-10-11-21-39-33/h4-21,31-32,34,42H,22-26,38H2,1-3H3,(H,40,44)/t31-,32+,34+/m1/s1. The van der Waals surface area contributed by atoms with E-state index >= 15 is 0 Å². The molecule has 1 amide bonds. The highest BCUT2D eigenvalue weighted by Gasteiger charge is 2.35. The first-order chi connectivity index (χ1) is 21.6. The highest BCUT2D eigenvalue weighted by atomic mass is 16.5. The van der Waals surface area contributed by atoms with E-state index in [-0.39, 0.29) is 25.5 Å². The van der Waals surface area contributed by atoms with Gasteiger partial charge in [-0.2, -0.15) is 0 Å². The van der Waals surface area contributed by atoms with Crippen molar-refractivity contribution in [1.29, 1.82) is 0 Å². The Kier molecular flexibility index (Phi) is 12.0. The lowest BCUT2D eigenvalue weighted by Crippen LogP contribution is -2.53. The van der Waals surface area contributed by atoms with Crippen molar-refractivity contribution in [1.82, 2.24) is 15.4 Å². The summed E-state index contributed by atoms with van der Waals surface area (Å²) in [5, 5.41) is 12.8. The Bertz CT molecular complexity index is 1480. The fraction of sp³-hybridized carbons (Fsp3) is 0.324. The number of hydrogen-bond acceptors (Lipinski definition) is 7. The topological polar surface area (TPSA) is 118 Å². The summed E-state index contributed by atoms with van der Waals surface area (Å²) < 4.78 is 5.51. The van der Waals surface area contributed by atoms with Gasteiger partial charge in [0.1, 0.15) is 6.61 Å². The van der Waals surface area contributed by atoms with Gasteiger partial charge in [-0.3, -0.25) is 20.0 Å². The van der Waals surface area contributed by atoms with Crippen LogP contribution in [0.3, 0.4) is 0 Å². The molecule has 0 unspecified atom stereocenters. The first-order valence-corrected chi connectivity index (χ1v) is 15.3. The molecule has 8 nitrogen and oxygen atoms in total. The number of aliphatic hydroxyl groups excluding tert-OH is 1. The number of hydrazine groups is 1. The average Bonchev–Trinajstić information content (AvgIpc) is 3.03. The Labute approximate surface area is 266 Å². The third-order valence-electron chi connectivity index (χ3n) is 7.75. The number of ether oxygens (including phenoxy) is 1. The second-order valence-corrected chi connectivity index (χ2v) is 12.5. The average molecular weight is 609 g/mol. The molecule has 0 radical (unpaired) electrons. The Morgan fingerprint density at radius 2 is 1.49 bits per heavy atom. The van der Waals surface area contributed by atoms with E-state index in [2.05, 4.69) is 10.4 Å². The molecule has 4 aromatic rings. The monoisotopic (exact) mass is 608 g/mol. The number of carbonyl (C=O) groups is 2.